The minimum absolute atomic E-state index is 0.230. The molecule has 0 aliphatic rings. The lowest BCUT2D eigenvalue weighted by Gasteiger charge is -2.10. The number of ether oxygens (including phenoxy) is 2. The van der Waals surface area contributed by atoms with Gasteiger partial charge in [-0.05, 0) is 24.6 Å². The van der Waals surface area contributed by atoms with Crippen LogP contribution in [-0.4, -0.2) is 34.9 Å². The summed E-state index contributed by atoms with van der Waals surface area (Å²) >= 11 is 0. The smallest absolute Gasteiger partial charge is 0.342 e. The highest BCUT2D eigenvalue weighted by atomic mass is 16.5. The summed E-state index contributed by atoms with van der Waals surface area (Å²) in [6.45, 7) is 1.90. The van der Waals surface area contributed by atoms with Gasteiger partial charge in [0.25, 0.3) is 5.91 Å². The second-order valence-corrected chi connectivity index (χ2v) is 6.22. The van der Waals surface area contributed by atoms with Gasteiger partial charge in [-0.1, -0.05) is 42.5 Å². The van der Waals surface area contributed by atoms with E-state index in [-0.39, 0.29) is 5.56 Å². The normalized spacial score (nSPS) is 11.6. The third-order valence-corrected chi connectivity index (χ3v) is 4.22. The number of nitrogens with two attached hydrogens (primary N) is 1. The average Bonchev–Trinajstić information content (AvgIpc) is 3.12. The van der Waals surface area contributed by atoms with E-state index in [2.05, 4.69) is 5.10 Å². The molecule has 28 heavy (non-hydrogen) atoms. The first-order valence-corrected chi connectivity index (χ1v) is 8.74. The number of carbonyl (C=O) groups is 2. The third kappa shape index (κ3) is 4.20. The van der Waals surface area contributed by atoms with Crippen molar-refractivity contribution in [1.29, 1.82) is 0 Å². The summed E-state index contributed by atoms with van der Waals surface area (Å²) in [6, 6.07) is 17.0. The molecule has 0 saturated carbocycles. The number of rotatable bonds is 7. The van der Waals surface area contributed by atoms with E-state index in [1.54, 1.807) is 24.1 Å². The van der Waals surface area contributed by atoms with Crippen LogP contribution in [0.3, 0.4) is 0 Å². The van der Waals surface area contributed by atoms with Crippen molar-refractivity contribution in [3.8, 4) is 17.0 Å². The molecular weight excluding hydrogens is 358 g/mol. The monoisotopic (exact) mass is 379 g/mol. The molecule has 2 aromatic carbocycles. The molecule has 1 aromatic heterocycles. The Morgan fingerprint density at radius 1 is 1.11 bits per heavy atom. The molecule has 2 N–H and O–H groups in total. The number of para-hydroxylation sites is 1. The number of esters is 1. The molecule has 3 aromatic rings. The van der Waals surface area contributed by atoms with E-state index < -0.39 is 18.0 Å². The number of hydrogen-bond donors (Lipinski definition) is 1. The standard InChI is InChI=1S/C21H21N3O4/c1-14(20(22)25)28-21(26)17-13-24(12-15-8-4-3-5-9-15)23-19(17)16-10-6-7-11-18(16)27-2/h3-11,13-14H,12H2,1-2H3,(H2,22,25)/t14-/m1/s1. The lowest BCUT2D eigenvalue weighted by molar-refractivity contribution is -0.125. The van der Waals surface area contributed by atoms with Crippen molar-refractivity contribution < 1.29 is 19.1 Å². The Hall–Kier alpha value is -3.61. The Balaban J connectivity index is 2.02. The van der Waals surface area contributed by atoms with Gasteiger partial charge in [0.15, 0.2) is 6.10 Å². The third-order valence-electron chi connectivity index (χ3n) is 4.22. The van der Waals surface area contributed by atoms with Crippen LogP contribution in [0.4, 0.5) is 0 Å². The summed E-state index contributed by atoms with van der Waals surface area (Å²) in [4.78, 5) is 24.0. The van der Waals surface area contributed by atoms with E-state index in [0.717, 1.165) is 5.56 Å². The molecular formula is C21H21N3O4. The highest BCUT2D eigenvalue weighted by Gasteiger charge is 2.24. The number of methoxy groups -OCH3 is 1. The van der Waals surface area contributed by atoms with Gasteiger partial charge in [0.1, 0.15) is 17.0 Å². The highest BCUT2D eigenvalue weighted by Crippen LogP contribution is 2.31. The molecule has 0 bridgehead atoms. The van der Waals surface area contributed by atoms with Crippen LogP contribution in [0, 0.1) is 0 Å². The van der Waals surface area contributed by atoms with E-state index in [4.69, 9.17) is 15.2 Å². The predicted molar refractivity (Wildman–Crippen MR) is 104 cm³/mol. The summed E-state index contributed by atoms with van der Waals surface area (Å²) in [7, 11) is 1.55. The number of primary amides is 1. The summed E-state index contributed by atoms with van der Waals surface area (Å²) in [5.74, 6) is -0.820. The Morgan fingerprint density at radius 2 is 1.79 bits per heavy atom. The molecule has 1 atom stereocenters. The quantitative estimate of drug-likeness (QED) is 0.637. The van der Waals surface area contributed by atoms with Crippen LogP contribution in [0.15, 0.2) is 60.8 Å². The Labute approximate surface area is 162 Å². The number of benzene rings is 2. The zero-order chi connectivity index (χ0) is 20.1. The first-order valence-electron chi connectivity index (χ1n) is 8.74. The van der Waals surface area contributed by atoms with Gasteiger partial charge in [0.05, 0.1) is 13.7 Å². The second kappa shape index (κ2) is 8.39. The van der Waals surface area contributed by atoms with Crippen molar-refractivity contribution in [2.75, 3.05) is 7.11 Å². The van der Waals surface area contributed by atoms with Crippen LogP contribution in [0.1, 0.15) is 22.8 Å². The van der Waals surface area contributed by atoms with E-state index in [0.29, 0.717) is 23.6 Å². The summed E-state index contributed by atoms with van der Waals surface area (Å²) in [6.07, 6.45) is 0.556. The van der Waals surface area contributed by atoms with Gasteiger partial charge < -0.3 is 15.2 Å². The highest BCUT2D eigenvalue weighted by molar-refractivity contribution is 5.98. The first-order chi connectivity index (χ1) is 13.5. The van der Waals surface area contributed by atoms with Crippen molar-refractivity contribution in [1.82, 2.24) is 9.78 Å². The number of hydrogen-bond acceptors (Lipinski definition) is 5. The minimum Gasteiger partial charge on any atom is -0.496 e. The average molecular weight is 379 g/mol. The van der Waals surface area contributed by atoms with E-state index in [1.165, 1.54) is 6.92 Å². The molecule has 1 heterocycles. The van der Waals surface area contributed by atoms with Crippen LogP contribution >= 0.6 is 0 Å². The number of carbonyl (C=O) groups excluding carboxylic acids is 2. The lowest BCUT2D eigenvalue weighted by Crippen LogP contribution is -2.30. The van der Waals surface area contributed by atoms with Gasteiger partial charge in [-0.3, -0.25) is 9.48 Å². The molecule has 1 amide bonds. The molecule has 144 valence electrons. The number of nitrogens with zero attached hydrogens (tertiary/aromatic N) is 2. The maximum Gasteiger partial charge on any atom is 0.342 e. The Bertz CT molecular complexity index is 982. The van der Waals surface area contributed by atoms with Gasteiger partial charge in [0.2, 0.25) is 0 Å². The lowest BCUT2D eigenvalue weighted by atomic mass is 10.1. The zero-order valence-corrected chi connectivity index (χ0v) is 15.7. The van der Waals surface area contributed by atoms with Crippen molar-refractivity contribution in [3.05, 3.63) is 71.9 Å². The van der Waals surface area contributed by atoms with Gasteiger partial charge in [-0.2, -0.15) is 5.10 Å². The number of aromatic nitrogens is 2. The van der Waals surface area contributed by atoms with E-state index in [9.17, 15) is 9.59 Å². The summed E-state index contributed by atoms with van der Waals surface area (Å²) in [5.41, 5.74) is 7.53. The van der Waals surface area contributed by atoms with Crippen LogP contribution in [0.25, 0.3) is 11.3 Å². The van der Waals surface area contributed by atoms with E-state index >= 15 is 0 Å². The maximum absolute atomic E-state index is 12.7. The van der Waals surface area contributed by atoms with Crippen LogP contribution in [-0.2, 0) is 16.1 Å². The van der Waals surface area contributed by atoms with Crippen molar-refractivity contribution >= 4 is 11.9 Å². The van der Waals surface area contributed by atoms with E-state index in [1.807, 2.05) is 48.5 Å². The van der Waals surface area contributed by atoms with Gasteiger partial charge in [0, 0.05) is 11.8 Å². The van der Waals surface area contributed by atoms with Gasteiger partial charge in [-0.15, -0.1) is 0 Å². The molecule has 0 saturated heterocycles. The molecule has 0 unspecified atom stereocenters. The van der Waals surface area contributed by atoms with Crippen LogP contribution < -0.4 is 10.5 Å². The molecule has 0 spiro atoms. The van der Waals surface area contributed by atoms with Crippen molar-refractivity contribution in [3.63, 3.8) is 0 Å². The topological polar surface area (TPSA) is 96.4 Å². The fourth-order valence-corrected chi connectivity index (χ4v) is 2.74. The van der Waals surface area contributed by atoms with Gasteiger partial charge >= 0.3 is 5.97 Å². The minimum atomic E-state index is -1.05. The molecule has 0 fully saturated rings. The Kier molecular flexibility index (Phi) is 5.74. The molecule has 0 radical (unpaired) electrons. The van der Waals surface area contributed by atoms with Crippen molar-refractivity contribution in [2.24, 2.45) is 5.73 Å². The number of amides is 1. The maximum atomic E-state index is 12.7. The molecule has 0 aliphatic carbocycles. The van der Waals surface area contributed by atoms with Gasteiger partial charge in [-0.25, -0.2) is 4.79 Å². The fraction of sp³-hybridized carbons (Fsp3) is 0.190. The predicted octanol–water partition coefficient (Wildman–Crippen LogP) is 2.64. The SMILES string of the molecule is COc1ccccc1-c1nn(Cc2ccccc2)cc1C(=O)O[C@H](C)C(N)=O. The van der Waals surface area contributed by atoms with Crippen molar-refractivity contribution in [2.45, 2.75) is 19.6 Å². The zero-order valence-electron chi connectivity index (χ0n) is 15.7. The van der Waals surface area contributed by atoms with Crippen LogP contribution in [0.5, 0.6) is 5.75 Å². The first kappa shape index (κ1) is 19.2. The molecule has 3 rings (SSSR count). The molecule has 0 aliphatic heterocycles. The largest absolute Gasteiger partial charge is 0.496 e. The summed E-state index contributed by atoms with van der Waals surface area (Å²) in [5, 5.41) is 4.58. The Morgan fingerprint density at radius 3 is 2.46 bits per heavy atom. The molecule has 7 nitrogen and oxygen atoms in total. The van der Waals surface area contributed by atoms with Crippen LogP contribution in [0.2, 0.25) is 0 Å². The fourth-order valence-electron chi connectivity index (χ4n) is 2.74. The summed E-state index contributed by atoms with van der Waals surface area (Å²) < 4.78 is 12.3. The molecule has 7 heteroatoms. The second-order valence-electron chi connectivity index (χ2n) is 6.22.